The van der Waals surface area contributed by atoms with Crippen LogP contribution in [0.2, 0.25) is 0 Å². The Morgan fingerprint density at radius 2 is 1.55 bits per heavy atom. The largest absolute Gasteiger partial charge is 0.496 e. The van der Waals surface area contributed by atoms with Crippen LogP contribution in [0.5, 0.6) is 11.5 Å². The van der Waals surface area contributed by atoms with E-state index in [2.05, 4.69) is 30.6 Å². The number of aromatic nitrogens is 5. The van der Waals surface area contributed by atoms with Crippen LogP contribution in [0.15, 0.2) is 41.5 Å². The third-order valence-electron chi connectivity index (χ3n) is 11.6. The maximum atomic E-state index is 14.7. The molecule has 5 aromatic rings. The molecule has 0 saturated carbocycles. The minimum Gasteiger partial charge on any atom is -0.496 e. The quantitative estimate of drug-likeness (QED) is 0.188. The number of alkyl halides is 3. The average Bonchev–Trinajstić information content (AvgIpc) is 3.84. The first-order chi connectivity index (χ1) is 26.4. The van der Waals surface area contributed by atoms with Gasteiger partial charge in [0.2, 0.25) is 5.91 Å². The van der Waals surface area contributed by atoms with E-state index >= 15 is 0 Å². The van der Waals surface area contributed by atoms with Gasteiger partial charge in [-0.2, -0.15) is 23.4 Å². The third-order valence-corrected chi connectivity index (χ3v) is 11.6. The number of aromatic amines is 2. The summed E-state index contributed by atoms with van der Waals surface area (Å²) in [4.78, 5) is 42.1. The lowest BCUT2D eigenvalue weighted by Crippen LogP contribution is -2.49. The number of carbonyl (C=O) groups is 2. The van der Waals surface area contributed by atoms with Crippen LogP contribution in [0.3, 0.4) is 0 Å². The molecule has 3 aliphatic rings. The lowest BCUT2D eigenvalue weighted by molar-refractivity contribution is -0.136. The summed E-state index contributed by atoms with van der Waals surface area (Å²) < 4.78 is 57.4. The molecule has 3 aliphatic heterocycles. The van der Waals surface area contributed by atoms with E-state index in [4.69, 9.17) is 9.47 Å². The van der Waals surface area contributed by atoms with E-state index in [9.17, 15) is 27.6 Å². The summed E-state index contributed by atoms with van der Waals surface area (Å²) in [6.45, 7) is 3.40. The van der Waals surface area contributed by atoms with Gasteiger partial charge in [-0.3, -0.25) is 34.9 Å². The number of H-pyrrole nitrogens is 2. The van der Waals surface area contributed by atoms with Gasteiger partial charge in [0.15, 0.2) is 5.82 Å². The summed E-state index contributed by atoms with van der Waals surface area (Å²) >= 11 is 0. The number of pyridine rings is 1. The fourth-order valence-corrected chi connectivity index (χ4v) is 8.68. The van der Waals surface area contributed by atoms with Gasteiger partial charge in [0, 0.05) is 62.2 Å². The zero-order valence-corrected chi connectivity index (χ0v) is 30.8. The third kappa shape index (κ3) is 6.63. The molecule has 0 aliphatic carbocycles. The molecule has 290 valence electrons. The molecule has 0 atom stereocenters. The molecule has 6 heterocycles. The Hall–Kier alpha value is -5.58. The second kappa shape index (κ2) is 14.2. The first kappa shape index (κ1) is 36.4. The number of carbonyl (C=O) groups excluding carboxylic acids is 2. The summed E-state index contributed by atoms with van der Waals surface area (Å²) in [5.74, 6) is 1.87. The molecule has 3 aromatic heterocycles. The molecule has 0 spiro atoms. The number of fused-ring (bicyclic) bond motifs is 2. The van der Waals surface area contributed by atoms with Crippen molar-refractivity contribution in [3.05, 3.63) is 58.1 Å². The number of rotatable bonds is 8. The van der Waals surface area contributed by atoms with E-state index in [1.807, 2.05) is 17.0 Å². The van der Waals surface area contributed by atoms with Crippen LogP contribution in [-0.4, -0.2) is 88.7 Å². The van der Waals surface area contributed by atoms with Crippen molar-refractivity contribution in [1.82, 2.24) is 35.2 Å². The molecule has 8 rings (SSSR count). The molecule has 0 bridgehead atoms. The van der Waals surface area contributed by atoms with Crippen molar-refractivity contribution in [2.75, 3.05) is 56.7 Å². The zero-order chi connectivity index (χ0) is 38.6. The minimum absolute atomic E-state index is 0.0330. The second-order valence-electron chi connectivity index (χ2n) is 14.6. The van der Waals surface area contributed by atoms with Crippen molar-refractivity contribution in [1.29, 1.82) is 0 Å². The first-order valence-electron chi connectivity index (χ1n) is 18.4. The molecule has 3 N–H and O–H groups in total. The van der Waals surface area contributed by atoms with Crippen LogP contribution in [-0.2, 0) is 24.6 Å². The number of ether oxygens (including phenoxy) is 2. The second-order valence-corrected chi connectivity index (χ2v) is 14.6. The van der Waals surface area contributed by atoms with Crippen LogP contribution in [0.4, 0.5) is 29.5 Å². The molecule has 3 saturated heterocycles. The molecule has 14 nitrogen and oxygen atoms in total. The van der Waals surface area contributed by atoms with Gasteiger partial charge in [-0.25, -0.2) is 4.79 Å². The molecular weight excluding hydrogens is 719 g/mol. The molecule has 3 fully saturated rings. The molecular formula is C38H42F3N9O5. The van der Waals surface area contributed by atoms with E-state index in [1.54, 1.807) is 39.7 Å². The first-order valence-corrected chi connectivity index (χ1v) is 18.4. The molecule has 17 heteroatoms. The van der Waals surface area contributed by atoms with Crippen molar-refractivity contribution in [2.24, 2.45) is 18.9 Å². The fourth-order valence-electron chi connectivity index (χ4n) is 8.68. The summed E-state index contributed by atoms with van der Waals surface area (Å²) in [6.07, 6.45) is 2.34. The summed E-state index contributed by atoms with van der Waals surface area (Å²) in [5, 5.41) is 16.6. The van der Waals surface area contributed by atoms with Crippen LogP contribution < -0.4 is 30.1 Å². The number of amides is 3. The number of urea groups is 1. The Balaban J connectivity index is 0.931. The predicted octanol–water partition coefficient (Wildman–Crippen LogP) is 5.42. The van der Waals surface area contributed by atoms with Gasteiger partial charge in [0.1, 0.15) is 22.6 Å². The number of halogens is 3. The number of methoxy groups -OCH3 is 2. The van der Waals surface area contributed by atoms with E-state index in [1.165, 1.54) is 15.5 Å². The zero-order valence-electron chi connectivity index (χ0n) is 30.8. The van der Waals surface area contributed by atoms with E-state index in [0.717, 1.165) is 55.5 Å². The smallest absolute Gasteiger partial charge is 0.420 e. The Kier molecular flexibility index (Phi) is 9.43. The van der Waals surface area contributed by atoms with Crippen molar-refractivity contribution in [3.63, 3.8) is 0 Å². The number of likely N-dealkylation sites (tertiary alicyclic amines) is 1. The van der Waals surface area contributed by atoms with Crippen molar-refractivity contribution in [3.8, 4) is 22.6 Å². The molecule has 55 heavy (non-hydrogen) atoms. The Morgan fingerprint density at radius 3 is 2.18 bits per heavy atom. The van der Waals surface area contributed by atoms with Crippen LogP contribution in [0.25, 0.3) is 32.9 Å². The molecule has 0 unspecified atom stereocenters. The van der Waals surface area contributed by atoms with E-state index in [-0.39, 0.29) is 40.9 Å². The highest BCUT2D eigenvalue weighted by molar-refractivity contribution is 6.09. The molecule has 0 radical (unpaired) electrons. The summed E-state index contributed by atoms with van der Waals surface area (Å²) in [6, 6.07) is 6.28. The van der Waals surface area contributed by atoms with Gasteiger partial charge >= 0.3 is 12.2 Å². The summed E-state index contributed by atoms with van der Waals surface area (Å²) in [7, 11) is 4.97. The number of nitrogens with zero attached hydrogens (tertiary/aromatic N) is 6. The molecule has 2 aromatic carbocycles. The molecule has 3 amide bonds. The Bertz CT molecular complexity index is 2310. The number of imide groups is 1. The maximum absolute atomic E-state index is 14.7. The van der Waals surface area contributed by atoms with Crippen molar-refractivity contribution in [2.45, 2.75) is 44.8 Å². The van der Waals surface area contributed by atoms with Gasteiger partial charge in [-0.15, -0.1) is 0 Å². The number of aryl methyl sites for hydroxylation is 1. The van der Waals surface area contributed by atoms with Crippen LogP contribution >= 0.6 is 0 Å². The topological polar surface area (TPSA) is 154 Å². The minimum atomic E-state index is -4.66. The predicted molar refractivity (Wildman–Crippen MR) is 199 cm³/mol. The lowest BCUT2D eigenvalue weighted by Gasteiger charge is -2.41. The van der Waals surface area contributed by atoms with E-state index < -0.39 is 23.7 Å². The average molecular weight is 762 g/mol. The number of hydrogen-bond acceptors (Lipinski definition) is 9. The Morgan fingerprint density at radius 1 is 0.873 bits per heavy atom. The SMILES string of the molecule is COc1cc(-c2cn(C)c(=O)c3[nH]ncc23)cc(OC)c1CN1CCC(C2CCN(c3ccc4c(N5CCC(=O)NC5=O)n[nH]c4c3C(F)(F)F)CC2)CC1. The van der Waals surface area contributed by atoms with Gasteiger partial charge < -0.3 is 18.9 Å². The highest BCUT2D eigenvalue weighted by Gasteiger charge is 2.40. The van der Waals surface area contributed by atoms with E-state index in [0.29, 0.717) is 53.9 Å². The normalized spacial score (nSPS) is 18.1. The number of piperidine rings is 2. The Labute approximate surface area is 313 Å². The lowest BCUT2D eigenvalue weighted by atomic mass is 9.78. The van der Waals surface area contributed by atoms with Gasteiger partial charge in [-0.05, 0) is 80.4 Å². The summed E-state index contributed by atoms with van der Waals surface area (Å²) in [5.41, 5.74) is 1.99. The monoisotopic (exact) mass is 761 g/mol. The van der Waals surface area contributed by atoms with Crippen molar-refractivity contribution < 1.29 is 32.2 Å². The fraction of sp³-hybridized carbons (Fsp3) is 0.447. The highest BCUT2D eigenvalue weighted by atomic mass is 19.4. The van der Waals surface area contributed by atoms with Gasteiger partial charge in [-0.1, -0.05) is 0 Å². The van der Waals surface area contributed by atoms with Gasteiger partial charge in [0.25, 0.3) is 5.56 Å². The number of hydrogen-bond donors (Lipinski definition) is 3. The maximum Gasteiger partial charge on any atom is 0.420 e. The highest BCUT2D eigenvalue weighted by Crippen LogP contribution is 2.45. The van der Waals surface area contributed by atoms with Crippen LogP contribution in [0.1, 0.15) is 43.2 Å². The van der Waals surface area contributed by atoms with Gasteiger partial charge in [0.05, 0.1) is 37.2 Å². The number of anilines is 2. The van der Waals surface area contributed by atoms with Crippen molar-refractivity contribution >= 4 is 45.2 Å². The standard InChI is InChI=1S/C38H42F3N9O5/c1-47-19-26(25-18-42-44-34(25)36(47)52)23-16-29(54-2)27(30(17-23)55-3)20-48-11-6-21(7-12-48)22-8-13-49(14-9-22)28-5-4-24-33(32(28)38(39,40)41)45-46-35(24)50-15-10-31(51)43-37(50)53/h4-5,16-19,21-22H,6-15,20H2,1-3H3,(H,42,44)(H,45,46)(H,43,51,53). The van der Waals surface area contributed by atoms with Crippen LogP contribution in [0, 0.1) is 11.8 Å². The number of nitrogens with one attached hydrogen (secondary N) is 3. The number of benzene rings is 2.